The number of carbonyl (C=O) groups is 1. The first kappa shape index (κ1) is 19.7. The van der Waals surface area contributed by atoms with Gasteiger partial charge in [0.1, 0.15) is 11.8 Å². The molecule has 0 spiro atoms. The Morgan fingerprint density at radius 2 is 1.93 bits per heavy atom. The highest BCUT2D eigenvalue weighted by Gasteiger charge is 2.16. The lowest BCUT2D eigenvalue weighted by Crippen LogP contribution is -2.30. The summed E-state index contributed by atoms with van der Waals surface area (Å²) in [4.78, 5) is 25.4. The van der Waals surface area contributed by atoms with Crippen molar-refractivity contribution >= 4 is 40.5 Å². The van der Waals surface area contributed by atoms with E-state index in [1.54, 1.807) is 29.4 Å². The van der Waals surface area contributed by atoms with Crippen molar-refractivity contribution in [2.24, 2.45) is 0 Å². The lowest BCUT2D eigenvalue weighted by atomic mass is 10.1. The van der Waals surface area contributed by atoms with E-state index in [0.29, 0.717) is 33.7 Å². The fourth-order valence-electron chi connectivity index (χ4n) is 2.78. The molecule has 3 aromatic heterocycles. The van der Waals surface area contributed by atoms with Crippen molar-refractivity contribution in [3.05, 3.63) is 46.6 Å². The minimum atomic E-state index is -0.522. The zero-order chi connectivity index (χ0) is 19.4. The van der Waals surface area contributed by atoms with Gasteiger partial charge in [0, 0.05) is 37.9 Å². The molecule has 0 aromatic carbocycles. The van der Waals surface area contributed by atoms with E-state index in [1.165, 1.54) is 6.20 Å². The van der Waals surface area contributed by atoms with E-state index < -0.39 is 6.17 Å². The molecule has 0 bridgehead atoms. The lowest BCUT2D eigenvalue weighted by molar-refractivity contribution is 0.112. The Balaban J connectivity index is 0.000000221. The molecule has 0 unspecified atom stereocenters. The molecule has 27 heavy (non-hydrogen) atoms. The third-order valence-corrected chi connectivity index (χ3v) is 5.00. The zero-order valence-electron chi connectivity index (χ0n) is 14.6. The molecule has 0 aliphatic carbocycles. The topological polar surface area (TPSA) is 63.9 Å². The van der Waals surface area contributed by atoms with Gasteiger partial charge in [0.25, 0.3) is 0 Å². The number of aldehydes is 1. The molecule has 1 aliphatic heterocycles. The Labute approximate surface area is 165 Å². The van der Waals surface area contributed by atoms with Crippen LogP contribution in [-0.4, -0.2) is 57.0 Å². The second kappa shape index (κ2) is 8.73. The number of carbonyl (C=O) groups excluding carboxylic acids is 1. The summed E-state index contributed by atoms with van der Waals surface area (Å²) >= 11 is 12.3. The van der Waals surface area contributed by atoms with Crippen LogP contribution in [0.1, 0.15) is 23.2 Å². The highest BCUT2D eigenvalue weighted by Crippen LogP contribution is 2.33. The first-order valence-corrected chi connectivity index (χ1v) is 9.16. The molecule has 1 aliphatic rings. The molecule has 0 N–H and O–H groups in total. The molecule has 0 saturated carbocycles. The molecular weight excluding hydrogens is 392 g/mol. The molecular formula is C18H18Cl2FN5O. The van der Waals surface area contributed by atoms with Gasteiger partial charge in [-0.15, -0.1) is 0 Å². The molecule has 142 valence electrons. The maximum absolute atomic E-state index is 12.3. The number of pyridine rings is 1. The molecule has 1 saturated heterocycles. The fraction of sp³-hybridized carbons (Fsp3) is 0.333. The first-order valence-electron chi connectivity index (χ1n) is 8.40. The number of hydrogen-bond donors (Lipinski definition) is 0. The Kier molecular flexibility index (Phi) is 6.36. The Morgan fingerprint density at radius 3 is 2.52 bits per heavy atom. The predicted molar refractivity (Wildman–Crippen MR) is 104 cm³/mol. The molecule has 0 atom stereocenters. The van der Waals surface area contributed by atoms with E-state index in [-0.39, 0.29) is 5.02 Å². The van der Waals surface area contributed by atoms with Gasteiger partial charge in [0.15, 0.2) is 12.1 Å². The van der Waals surface area contributed by atoms with Crippen LogP contribution in [0.15, 0.2) is 31.0 Å². The van der Waals surface area contributed by atoms with Crippen molar-refractivity contribution in [1.82, 2.24) is 24.4 Å². The van der Waals surface area contributed by atoms with Gasteiger partial charge in [-0.1, -0.05) is 23.2 Å². The zero-order valence-corrected chi connectivity index (χ0v) is 16.2. The van der Waals surface area contributed by atoms with Gasteiger partial charge in [-0.05, 0) is 19.9 Å². The Bertz CT molecular complexity index is 916. The summed E-state index contributed by atoms with van der Waals surface area (Å²) in [6.07, 6.45) is 9.35. The average molecular weight is 410 g/mol. The van der Waals surface area contributed by atoms with Crippen molar-refractivity contribution in [3.8, 4) is 5.82 Å². The fourth-order valence-corrected chi connectivity index (χ4v) is 3.38. The number of nitrogens with zero attached hydrogens (tertiary/aromatic N) is 5. The molecule has 1 fully saturated rings. The molecule has 9 heteroatoms. The first-order chi connectivity index (χ1) is 13.0. The van der Waals surface area contributed by atoms with Gasteiger partial charge >= 0.3 is 0 Å². The van der Waals surface area contributed by atoms with Gasteiger partial charge in [0.2, 0.25) is 0 Å². The van der Waals surface area contributed by atoms with E-state index in [1.807, 2.05) is 7.05 Å². The summed E-state index contributed by atoms with van der Waals surface area (Å²) in [5.74, 6) is 0.571. The van der Waals surface area contributed by atoms with Crippen LogP contribution < -0.4 is 0 Å². The maximum atomic E-state index is 12.3. The lowest BCUT2D eigenvalue weighted by Gasteiger charge is -2.23. The third-order valence-electron chi connectivity index (χ3n) is 4.30. The highest BCUT2D eigenvalue weighted by molar-refractivity contribution is 6.43. The largest absolute Gasteiger partial charge is 0.306 e. The van der Waals surface area contributed by atoms with Crippen molar-refractivity contribution < 1.29 is 9.18 Å². The summed E-state index contributed by atoms with van der Waals surface area (Å²) in [5, 5.41) is 1.22. The van der Waals surface area contributed by atoms with Crippen LogP contribution in [0.25, 0.3) is 16.9 Å². The number of aromatic nitrogens is 4. The van der Waals surface area contributed by atoms with Gasteiger partial charge in [-0.3, -0.25) is 14.3 Å². The number of alkyl halides is 1. The van der Waals surface area contributed by atoms with E-state index in [9.17, 15) is 9.18 Å². The number of fused-ring (bicyclic) bond motifs is 1. The van der Waals surface area contributed by atoms with Crippen molar-refractivity contribution in [2.75, 3.05) is 20.1 Å². The monoisotopic (exact) mass is 409 g/mol. The van der Waals surface area contributed by atoms with Crippen LogP contribution in [0.3, 0.4) is 0 Å². The molecule has 0 radical (unpaired) electrons. The molecule has 4 rings (SSSR count). The Hall–Kier alpha value is -2.09. The summed E-state index contributed by atoms with van der Waals surface area (Å²) in [6, 6.07) is 0. The third kappa shape index (κ3) is 4.43. The van der Waals surface area contributed by atoms with Crippen LogP contribution in [0, 0.1) is 0 Å². The smallest absolute Gasteiger partial charge is 0.156 e. The van der Waals surface area contributed by atoms with Crippen LogP contribution in [0.5, 0.6) is 0 Å². The summed E-state index contributed by atoms with van der Waals surface area (Å²) in [6.45, 7) is 1.86. The van der Waals surface area contributed by atoms with Crippen LogP contribution in [-0.2, 0) is 0 Å². The summed E-state index contributed by atoms with van der Waals surface area (Å²) in [7, 11) is 2.03. The number of rotatable bonds is 2. The van der Waals surface area contributed by atoms with Crippen LogP contribution in [0.4, 0.5) is 4.39 Å². The summed E-state index contributed by atoms with van der Waals surface area (Å²) in [5.41, 5.74) is 0.828. The van der Waals surface area contributed by atoms with Crippen molar-refractivity contribution in [1.29, 1.82) is 0 Å². The van der Waals surface area contributed by atoms with E-state index >= 15 is 0 Å². The highest BCUT2D eigenvalue weighted by atomic mass is 35.5. The standard InChI is InChI=1S/C12H6Cl2N4O.C6H12FN/c13-8-5-18(9-4-15-1-2-16-9)12-10(8)11(14)7(6-19)3-17-12;1-8-4-2-6(7)3-5-8/h1-6H;6H,2-5H2,1H3. The average Bonchev–Trinajstić information content (AvgIpc) is 3.03. The number of hydrogen-bond acceptors (Lipinski definition) is 5. The van der Waals surface area contributed by atoms with Crippen LogP contribution in [0.2, 0.25) is 10.0 Å². The second-order valence-corrected chi connectivity index (χ2v) is 7.02. The minimum absolute atomic E-state index is 0.285. The van der Waals surface area contributed by atoms with E-state index in [2.05, 4.69) is 19.9 Å². The van der Waals surface area contributed by atoms with Gasteiger partial charge in [-0.2, -0.15) is 0 Å². The number of halogens is 3. The quantitative estimate of drug-likeness (QED) is 0.598. The SMILES string of the molecule is CN1CCC(F)CC1.O=Cc1cnc2c(c(Cl)cn2-c2cnccn2)c1Cl. The van der Waals surface area contributed by atoms with E-state index in [4.69, 9.17) is 23.2 Å². The normalized spacial score (nSPS) is 15.4. The molecule has 0 amide bonds. The Morgan fingerprint density at radius 1 is 1.19 bits per heavy atom. The second-order valence-electron chi connectivity index (χ2n) is 6.23. The molecule has 6 nitrogen and oxygen atoms in total. The minimum Gasteiger partial charge on any atom is -0.306 e. The maximum Gasteiger partial charge on any atom is 0.156 e. The van der Waals surface area contributed by atoms with E-state index in [0.717, 1.165) is 25.9 Å². The number of piperidine rings is 1. The number of likely N-dealkylation sites (tertiary alicyclic amines) is 1. The van der Waals surface area contributed by atoms with Gasteiger partial charge in [0.05, 0.1) is 27.2 Å². The molecule has 3 aromatic rings. The van der Waals surface area contributed by atoms with Crippen LogP contribution >= 0.6 is 23.2 Å². The summed E-state index contributed by atoms with van der Waals surface area (Å²) < 4.78 is 14.0. The van der Waals surface area contributed by atoms with Gasteiger partial charge < -0.3 is 4.90 Å². The predicted octanol–water partition coefficient (Wildman–Crippen LogP) is 3.98. The van der Waals surface area contributed by atoms with Crippen molar-refractivity contribution in [2.45, 2.75) is 19.0 Å². The molecule has 4 heterocycles. The van der Waals surface area contributed by atoms with Crippen molar-refractivity contribution in [3.63, 3.8) is 0 Å². The van der Waals surface area contributed by atoms with Gasteiger partial charge in [-0.25, -0.2) is 14.4 Å².